The second-order valence-corrected chi connectivity index (χ2v) is 6.25. The maximum atomic E-state index is 12.2. The molecular formula is C22H26N2O5. The molecule has 0 unspecified atom stereocenters. The number of carbonyl (C=O) groups is 3. The minimum Gasteiger partial charge on any atom is -0.496 e. The monoisotopic (exact) mass is 398 g/mol. The standard InChI is InChI=1S/C22H26N2O5/c1-4-15-9-8-10-16(5-2)21(15)24-19(25)14-29-20(26)13-23-22(27)17-11-6-7-12-18(17)28-3/h6-12H,4-5,13-14H2,1-3H3,(H,23,27)(H,24,25). The molecule has 7 heteroatoms. The molecule has 2 amide bonds. The summed E-state index contributed by atoms with van der Waals surface area (Å²) in [5.74, 6) is -1.19. The van der Waals surface area contributed by atoms with E-state index in [1.54, 1.807) is 24.3 Å². The Morgan fingerprint density at radius 3 is 2.21 bits per heavy atom. The molecule has 2 rings (SSSR count). The Morgan fingerprint density at radius 2 is 1.59 bits per heavy atom. The van der Waals surface area contributed by atoms with Crippen LogP contribution in [-0.2, 0) is 27.2 Å². The van der Waals surface area contributed by atoms with Crippen molar-refractivity contribution in [2.24, 2.45) is 0 Å². The van der Waals surface area contributed by atoms with Crippen molar-refractivity contribution < 1.29 is 23.9 Å². The summed E-state index contributed by atoms with van der Waals surface area (Å²) >= 11 is 0. The van der Waals surface area contributed by atoms with Gasteiger partial charge in [0, 0.05) is 5.69 Å². The highest BCUT2D eigenvalue weighted by Gasteiger charge is 2.15. The van der Waals surface area contributed by atoms with Crippen molar-refractivity contribution in [1.29, 1.82) is 0 Å². The van der Waals surface area contributed by atoms with Gasteiger partial charge in [0.2, 0.25) is 0 Å². The average Bonchev–Trinajstić information content (AvgIpc) is 2.75. The van der Waals surface area contributed by atoms with E-state index in [0.717, 1.165) is 29.7 Å². The zero-order valence-corrected chi connectivity index (χ0v) is 16.9. The Morgan fingerprint density at radius 1 is 0.931 bits per heavy atom. The number of nitrogens with one attached hydrogen (secondary N) is 2. The Bertz CT molecular complexity index is 857. The summed E-state index contributed by atoms with van der Waals surface area (Å²) in [6.45, 7) is 3.24. The fourth-order valence-electron chi connectivity index (χ4n) is 2.86. The van der Waals surface area contributed by atoms with Crippen LogP contribution in [0.5, 0.6) is 5.75 Å². The average molecular weight is 398 g/mol. The Labute approximate surface area is 170 Å². The molecule has 0 radical (unpaired) electrons. The third-order valence-electron chi connectivity index (χ3n) is 4.37. The topological polar surface area (TPSA) is 93.7 Å². The van der Waals surface area contributed by atoms with Gasteiger partial charge >= 0.3 is 5.97 Å². The molecule has 0 fully saturated rings. The van der Waals surface area contributed by atoms with Gasteiger partial charge in [-0.15, -0.1) is 0 Å². The first kappa shape index (κ1) is 21.9. The van der Waals surface area contributed by atoms with E-state index in [1.807, 2.05) is 32.0 Å². The fourth-order valence-corrected chi connectivity index (χ4v) is 2.86. The van der Waals surface area contributed by atoms with Crippen molar-refractivity contribution >= 4 is 23.5 Å². The van der Waals surface area contributed by atoms with Crippen LogP contribution in [-0.4, -0.2) is 38.0 Å². The lowest BCUT2D eigenvalue weighted by Crippen LogP contribution is -2.32. The molecule has 0 saturated carbocycles. The molecule has 0 bridgehead atoms. The maximum Gasteiger partial charge on any atom is 0.325 e. The SMILES string of the molecule is CCc1cccc(CC)c1NC(=O)COC(=O)CNC(=O)c1ccccc1OC. The van der Waals surface area contributed by atoms with E-state index in [9.17, 15) is 14.4 Å². The molecule has 0 aromatic heterocycles. The third-order valence-corrected chi connectivity index (χ3v) is 4.37. The van der Waals surface area contributed by atoms with E-state index in [2.05, 4.69) is 10.6 Å². The van der Waals surface area contributed by atoms with Gasteiger partial charge in [-0.3, -0.25) is 14.4 Å². The molecule has 29 heavy (non-hydrogen) atoms. The lowest BCUT2D eigenvalue weighted by atomic mass is 10.0. The Balaban J connectivity index is 1.85. The number of hydrogen-bond acceptors (Lipinski definition) is 5. The second-order valence-electron chi connectivity index (χ2n) is 6.25. The van der Waals surface area contributed by atoms with Gasteiger partial charge in [0.05, 0.1) is 12.7 Å². The first-order chi connectivity index (χ1) is 14.0. The highest BCUT2D eigenvalue weighted by Crippen LogP contribution is 2.22. The summed E-state index contributed by atoms with van der Waals surface area (Å²) in [5.41, 5.74) is 3.12. The fraction of sp³-hybridized carbons (Fsp3) is 0.318. The van der Waals surface area contributed by atoms with Crippen LogP contribution < -0.4 is 15.4 Å². The number of carbonyl (C=O) groups excluding carboxylic acids is 3. The van der Waals surface area contributed by atoms with Crippen molar-refractivity contribution in [3.05, 3.63) is 59.2 Å². The molecule has 0 saturated heterocycles. The maximum absolute atomic E-state index is 12.2. The minimum atomic E-state index is -0.706. The van der Waals surface area contributed by atoms with Crippen molar-refractivity contribution in [3.8, 4) is 5.75 Å². The molecule has 2 aromatic carbocycles. The van der Waals surface area contributed by atoms with Crippen LogP contribution in [0.4, 0.5) is 5.69 Å². The zero-order chi connectivity index (χ0) is 21.2. The number of amides is 2. The predicted octanol–water partition coefficient (Wildman–Crippen LogP) is 2.73. The number of hydrogen-bond donors (Lipinski definition) is 2. The number of aryl methyl sites for hydroxylation is 2. The lowest BCUT2D eigenvalue weighted by Gasteiger charge is -2.14. The molecule has 0 atom stereocenters. The molecule has 0 aliphatic rings. The van der Waals surface area contributed by atoms with Crippen molar-refractivity contribution in [2.75, 3.05) is 25.6 Å². The van der Waals surface area contributed by atoms with Gasteiger partial charge in [-0.2, -0.15) is 0 Å². The summed E-state index contributed by atoms with van der Waals surface area (Å²) in [4.78, 5) is 36.3. The largest absolute Gasteiger partial charge is 0.496 e. The van der Waals surface area contributed by atoms with Gasteiger partial charge in [-0.05, 0) is 36.1 Å². The third kappa shape index (κ3) is 6.07. The second kappa shape index (κ2) is 10.8. The molecule has 0 aliphatic heterocycles. The number of rotatable bonds is 9. The molecule has 154 valence electrons. The minimum absolute atomic E-state index is 0.309. The number of ether oxygens (including phenoxy) is 2. The van der Waals surface area contributed by atoms with Crippen LogP contribution in [0.3, 0.4) is 0 Å². The first-order valence-electron chi connectivity index (χ1n) is 9.47. The summed E-state index contributed by atoms with van der Waals surface area (Å²) in [6, 6.07) is 12.5. The summed E-state index contributed by atoms with van der Waals surface area (Å²) in [5, 5.41) is 5.28. The van der Waals surface area contributed by atoms with Crippen LogP contribution in [0.15, 0.2) is 42.5 Å². The molecule has 2 aromatic rings. The van der Waals surface area contributed by atoms with Crippen LogP contribution >= 0.6 is 0 Å². The molecule has 0 aliphatic carbocycles. The highest BCUT2D eigenvalue weighted by molar-refractivity contribution is 5.98. The quantitative estimate of drug-likeness (QED) is 0.634. The first-order valence-corrected chi connectivity index (χ1v) is 9.47. The molecule has 0 spiro atoms. The summed E-state index contributed by atoms with van der Waals surface area (Å²) < 4.78 is 10.1. The van der Waals surface area contributed by atoms with E-state index in [-0.39, 0.29) is 6.54 Å². The van der Waals surface area contributed by atoms with Crippen molar-refractivity contribution in [3.63, 3.8) is 0 Å². The zero-order valence-electron chi connectivity index (χ0n) is 16.9. The van der Waals surface area contributed by atoms with Gasteiger partial charge in [0.25, 0.3) is 11.8 Å². The van der Waals surface area contributed by atoms with E-state index in [4.69, 9.17) is 9.47 Å². The van der Waals surface area contributed by atoms with E-state index < -0.39 is 24.4 Å². The van der Waals surface area contributed by atoms with Gasteiger partial charge in [-0.1, -0.05) is 44.2 Å². The number of benzene rings is 2. The van der Waals surface area contributed by atoms with Gasteiger partial charge in [-0.25, -0.2) is 0 Å². The number of methoxy groups -OCH3 is 1. The van der Waals surface area contributed by atoms with Gasteiger partial charge < -0.3 is 20.1 Å². The summed E-state index contributed by atoms with van der Waals surface area (Å²) in [7, 11) is 1.46. The lowest BCUT2D eigenvalue weighted by molar-refractivity contribution is -0.146. The highest BCUT2D eigenvalue weighted by atomic mass is 16.5. The van der Waals surface area contributed by atoms with Gasteiger partial charge in [0.15, 0.2) is 6.61 Å². The smallest absolute Gasteiger partial charge is 0.325 e. The summed E-state index contributed by atoms with van der Waals surface area (Å²) in [6.07, 6.45) is 1.55. The predicted molar refractivity (Wildman–Crippen MR) is 110 cm³/mol. The van der Waals surface area contributed by atoms with Crippen LogP contribution in [0, 0.1) is 0 Å². The van der Waals surface area contributed by atoms with Crippen LogP contribution in [0.1, 0.15) is 35.3 Å². The van der Waals surface area contributed by atoms with E-state index in [1.165, 1.54) is 7.11 Å². The Hall–Kier alpha value is -3.35. The number of anilines is 1. The number of esters is 1. The van der Waals surface area contributed by atoms with Crippen LogP contribution in [0.2, 0.25) is 0 Å². The molecular weight excluding hydrogens is 372 g/mol. The molecule has 7 nitrogen and oxygen atoms in total. The number of para-hydroxylation sites is 2. The van der Waals surface area contributed by atoms with Crippen molar-refractivity contribution in [1.82, 2.24) is 5.32 Å². The van der Waals surface area contributed by atoms with E-state index in [0.29, 0.717) is 11.3 Å². The van der Waals surface area contributed by atoms with Gasteiger partial charge in [0.1, 0.15) is 12.3 Å². The molecule has 0 heterocycles. The normalized spacial score (nSPS) is 10.2. The molecule has 2 N–H and O–H groups in total. The Kier molecular flexibility index (Phi) is 8.21. The van der Waals surface area contributed by atoms with Crippen molar-refractivity contribution in [2.45, 2.75) is 26.7 Å². The van der Waals surface area contributed by atoms with Crippen LogP contribution in [0.25, 0.3) is 0 Å². The van der Waals surface area contributed by atoms with E-state index >= 15 is 0 Å².